The molecule has 6 heteroatoms. The van der Waals surface area contributed by atoms with Gasteiger partial charge in [0.05, 0.1) is 33.5 Å². The molecule has 1 amide bonds. The molecule has 20 heavy (non-hydrogen) atoms. The fourth-order valence-corrected chi connectivity index (χ4v) is 2.65. The van der Waals surface area contributed by atoms with E-state index < -0.39 is 11.7 Å². The third-order valence-corrected chi connectivity index (χ3v) is 3.68. The summed E-state index contributed by atoms with van der Waals surface area (Å²) in [5, 5.41) is 0.547. The average Bonchev–Trinajstić information content (AvgIpc) is 2.70. The van der Waals surface area contributed by atoms with Gasteiger partial charge >= 0.3 is 0 Å². The highest BCUT2D eigenvalue weighted by Crippen LogP contribution is 2.40. The minimum atomic E-state index is -0.638. The molecule has 0 aliphatic carbocycles. The third kappa shape index (κ3) is 1.97. The lowest BCUT2D eigenvalue weighted by Crippen LogP contribution is -2.29. The minimum absolute atomic E-state index is 0.167. The fourth-order valence-electron chi connectivity index (χ4n) is 2.16. The first-order valence-corrected chi connectivity index (χ1v) is 6.59. The van der Waals surface area contributed by atoms with Crippen LogP contribution in [0, 0.1) is 0 Å². The van der Waals surface area contributed by atoms with Crippen LogP contribution in [0.4, 0.5) is 5.69 Å². The second kappa shape index (κ2) is 4.89. The number of rotatable bonds is 2. The number of hydrogen-bond acceptors (Lipinski definition) is 3. The average molecular weight is 307 g/mol. The molecule has 0 bridgehead atoms. The number of aromatic nitrogens is 1. The Kier molecular flexibility index (Phi) is 3.20. The summed E-state index contributed by atoms with van der Waals surface area (Å²) in [4.78, 5) is 29.6. The molecule has 0 saturated heterocycles. The molecule has 0 saturated carbocycles. The van der Waals surface area contributed by atoms with E-state index in [1.807, 2.05) is 6.07 Å². The van der Waals surface area contributed by atoms with Crippen LogP contribution in [0.2, 0.25) is 10.0 Å². The lowest BCUT2D eigenvalue weighted by Gasteiger charge is -2.17. The van der Waals surface area contributed by atoms with E-state index in [-0.39, 0.29) is 17.1 Å². The lowest BCUT2D eigenvalue weighted by molar-refractivity contribution is -0.114. The zero-order valence-corrected chi connectivity index (χ0v) is 11.6. The molecule has 1 aliphatic rings. The Balaban J connectivity index is 2.09. The molecule has 0 spiro atoms. The summed E-state index contributed by atoms with van der Waals surface area (Å²) in [6.07, 6.45) is 1.62. The Morgan fingerprint density at radius 2 is 1.80 bits per heavy atom. The smallest absolute Gasteiger partial charge is 0.297 e. The second-order valence-corrected chi connectivity index (χ2v) is 5.11. The van der Waals surface area contributed by atoms with Crippen molar-refractivity contribution >= 4 is 40.6 Å². The highest BCUT2D eigenvalue weighted by Gasteiger charge is 2.39. The first-order chi connectivity index (χ1) is 9.59. The Labute approximate surface area is 124 Å². The molecule has 3 rings (SSSR count). The maximum atomic E-state index is 12.1. The predicted octanol–water partition coefficient (Wildman–Crippen LogP) is 3.12. The molecular weight excluding hydrogens is 299 g/mol. The Bertz CT molecular complexity index is 717. The van der Waals surface area contributed by atoms with Crippen LogP contribution in [0.15, 0.2) is 36.5 Å². The van der Waals surface area contributed by atoms with Crippen LogP contribution in [0.3, 0.4) is 0 Å². The Morgan fingerprint density at radius 3 is 2.50 bits per heavy atom. The minimum Gasteiger partial charge on any atom is -0.297 e. The van der Waals surface area contributed by atoms with E-state index in [2.05, 4.69) is 4.98 Å². The molecular formula is C14H8Cl2N2O2. The molecule has 2 aromatic rings. The fraction of sp³-hybridized carbons (Fsp3) is 0.0714. The van der Waals surface area contributed by atoms with Crippen molar-refractivity contribution in [3.05, 3.63) is 57.8 Å². The first-order valence-electron chi connectivity index (χ1n) is 5.83. The van der Waals surface area contributed by atoms with Crippen LogP contribution in [-0.2, 0) is 11.3 Å². The molecule has 1 aromatic carbocycles. The highest BCUT2D eigenvalue weighted by atomic mass is 35.5. The zero-order valence-electron chi connectivity index (χ0n) is 10.1. The number of nitrogens with zero attached hydrogens (tertiary/aromatic N) is 2. The van der Waals surface area contributed by atoms with Crippen molar-refractivity contribution in [3.8, 4) is 0 Å². The van der Waals surface area contributed by atoms with Gasteiger partial charge in [0.15, 0.2) is 0 Å². The molecule has 100 valence electrons. The van der Waals surface area contributed by atoms with Gasteiger partial charge in [-0.2, -0.15) is 0 Å². The number of benzene rings is 1. The molecule has 0 N–H and O–H groups in total. The molecule has 1 aromatic heterocycles. The summed E-state index contributed by atoms with van der Waals surface area (Å²) >= 11 is 12.1. The number of carbonyl (C=O) groups is 2. The number of anilines is 1. The number of amides is 1. The maximum Gasteiger partial charge on any atom is 0.299 e. The van der Waals surface area contributed by atoms with Gasteiger partial charge in [-0.15, -0.1) is 0 Å². The van der Waals surface area contributed by atoms with E-state index in [0.29, 0.717) is 16.4 Å². The number of carbonyl (C=O) groups excluding carboxylic acids is 2. The summed E-state index contributed by atoms with van der Waals surface area (Å²) in [6.45, 7) is 0.179. The van der Waals surface area contributed by atoms with Crippen molar-refractivity contribution in [2.75, 3.05) is 4.90 Å². The van der Waals surface area contributed by atoms with Crippen molar-refractivity contribution in [1.29, 1.82) is 0 Å². The van der Waals surface area contributed by atoms with Crippen molar-refractivity contribution < 1.29 is 9.59 Å². The monoisotopic (exact) mass is 306 g/mol. The van der Waals surface area contributed by atoms with Crippen LogP contribution >= 0.6 is 23.2 Å². The van der Waals surface area contributed by atoms with Crippen LogP contribution in [0.25, 0.3) is 0 Å². The molecule has 0 radical (unpaired) electrons. The molecule has 4 nitrogen and oxygen atoms in total. The van der Waals surface area contributed by atoms with Gasteiger partial charge in [0.1, 0.15) is 0 Å². The predicted molar refractivity (Wildman–Crippen MR) is 76.2 cm³/mol. The van der Waals surface area contributed by atoms with Crippen LogP contribution < -0.4 is 4.90 Å². The number of ketones is 1. The van der Waals surface area contributed by atoms with E-state index in [0.717, 1.165) is 0 Å². The summed E-state index contributed by atoms with van der Waals surface area (Å²) in [7, 11) is 0. The van der Waals surface area contributed by atoms with E-state index in [1.54, 1.807) is 24.4 Å². The zero-order chi connectivity index (χ0) is 14.3. The van der Waals surface area contributed by atoms with Crippen LogP contribution in [0.1, 0.15) is 16.1 Å². The molecule has 1 aliphatic heterocycles. The molecule has 2 heterocycles. The number of fused-ring (bicyclic) bond motifs is 1. The van der Waals surface area contributed by atoms with E-state index in [4.69, 9.17) is 23.2 Å². The van der Waals surface area contributed by atoms with Crippen molar-refractivity contribution in [1.82, 2.24) is 4.98 Å². The number of hydrogen-bond donors (Lipinski definition) is 0. The highest BCUT2D eigenvalue weighted by molar-refractivity contribution is 6.56. The summed E-state index contributed by atoms with van der Waals surface area (Å²) in [5.74, 6) is -1.27. The van der Waals surface area contributed by atoms with Gasteiger partial charge in [0.25, 0.3) is 11.7 Å². The maximum absolute atomic E-state index is 12.1. The van der Waals surface area contributed by atoms with Gasteiger partial charge in [0.2, 0.25) is 0 Å². The molecule has 0 unspecified atom stereocenters. The second-order valence-electron chi connectivity index (χ2n) is 4.29. The molecule has 0 atom stereocenters. The van der Waals surface area contributed by atoms with Gasteiger partial charge in [-0.3, -0.25) is 19.5 Å². The van der Waals surface area contributed by atoms with Crippen LogP contribution in [-0.4, -0.2) is 16.7 Å². The van der Waals surface area contributed by atoms with Gasteiger partial charge in [-0.05, 0) is 24.3 Å². The van der Waals surface area contributed by atoms with E-state index >= 15 is 0 Å². The third-order valence-electron chi connectivity index (χ3n) is 3.06. The summed E-state index contributed by atoms with van der Waals surface area (Å²) in [5.41, 5.74) is 1.19. The standard InChI is InChI=1S/C14H8Cl2N2O2/c15-9-4-5-10(16)12-11(9)13(19)14(20)18(12)7-8-3-1-2-6-17-8/h1-6H,7H2. The first kappa shape index (κ1) is 13.1. The lowest BCUT2D eigenvalue weighted by atomic mass is 10.1. The van der Waals surface area contributed by atoms with Gasteiger partial charge in [0, 0.05) is 6.20 Å². The van der Waals surface area contributed by atoms with E-state index in [9.17, 15) is 9.59 Å². The molecule has 0 fully saturated rings. The number of Topliss-reactive ketones (excluding diaryl/α,β-unsaturated/α-hetero) is 1. The van der Waals surface area contributed by atoms with Crippen molar-refractivity contribution in [3.63, 3.8) is 0 Å². The quantitative estimate of drug-likeness (QED) is 0.801. The number of pyridine rings is 1. The van der Waals surface area contributed by atoms with Gasteiger partial charge in [-0.1, -0.05) is 29.3 Å². The van der Waals surface area contributed by atoms with Gasteiger partial charge < -0.3 is 0 Å². The van der Waals surface area contributed by atoms with Crippen LogP contribution in [0.5, 0.6) is 0 Å². The topological polar surface area (TPSA) is 50.3 Å². The summed E-state index contributed by atoms with van der Waals surface area (Å²) < 4.78 is 0. The number of halogens is 2. The SMILES string of the molecule is O=C1C(=O)N(Cc2ccccn2)c2c(Cl)ccc(Cl)c21. The van der Waals surface area contributed by atoms with Crippen molar-refractivity contribution in [2.45, 2.75) is 6.54 Å². The van der Waals surface area contributed by atoms with Crippen molar-refractivity contribution in [2.24, 2.45) is 0 Å². The summed E-state index contributed by atoms with van der Waals surface area (Å²) in [6, 6.07) is 8.44. The van der Waals surface area contributed by atoms with Gasteiger partial charge in [-0.25, -0.2) is 0 Å². The van der Waals surface area contributed by atoms with E-state index in [1.165, 1.54) is 11.0 Å². The largest absolute Gasteiger partial charge is 0.299 e. The Hall–Kier alpha value is -1.91. The normalized spacial score (nSPS) is 13.8. The Morgan fingerprint density at radius 1 is 1.05 bits per heavy atom.